The molecule has 0 spiro atoms. The van der Waals surface area contributed by atoms with Gasteiger partial charge in [-0.1, -0.05) is 54.5 Å². The van der Waals surface area contributed by atoms with Crippen LogP contribution in [0.1, 0.15) is 35.2 Å². The summed E-state index contributed by atoms with van der Waals surface area (Å²) in [6.07, 6.45) is 6.53. The molecule has 1 nitrogen and oxygen atoms in total. The van der Waals surface area contributed by atoms with Gasteiger partial charge in [0.2, 0.25) is 0 Å². The number of hydrogen-bond acceptors (Lipinski definition) is 1. The Bertz CT molecular complexity index is 591. The van der Waals surface area contributed by atoms with E-state index < -0.39 is 0 Å². The van der Waals surface area contributed by atoms with Crippen molar-refractivity contribution >= 4 is 0 Å². The predicted octanol–water partition coefficient (Wildman–Crippen LogP) is 3.29. The van der Waals surface area contributed by atoms with Crippen LogP contribution in [0.3, 0.4) is 0 Å². The molecule has 0 amide bonds. The van der Waals surface area contributed by atoms with Crippen molar-refractivity contribution in [1.29, 1.82) is 0 Å². The van der Waals surface area contributed by atoms with E-state index in [2.05, 4.69) is 59.8 Å². The van der Waals surface area contributed by atoms with Crippen LogP contribution in [0.4, 0.5) is 0 Å². The lowest BCUT2D eigenvalue weighted by Gasteiger charge is -2.30. The topological polar surface area (TPSA) is 12.0 Å². The van der Waals surface area contributed by atoms with Crippen molar-refractivity contribution in [3.63, 3.8) is 0 Å². The smallest absolute Gasteiger partial charge is 0.0665 e. The van der Waals surface area contributed by atoms with Gasteiger partial charge in [-0.05, 0) is 35.6 Å². The normalized spacial score (nSPS) is 15.2. The van der Waals surface area contributed by atoms with Gasteiger partial charge < -0.3 is 0 Å². The van der Waals surface area contributed by atoms with E-state index in [1.165, 1.54) is 22.3 Å². The molecule has 1 atom stereocenters. The number of hydrogen-bond donors (Lipinski definition) is 1. The van der Waals surface area contributed by atoms with Crippen LogP contribution in [0.5, 0.6) is 0 Å². The van der Waals surface area contributed by atoms with E-state index in [0.717, 1.165) is 6.42 Å². The quantitative estimate of drug-likeness (QED) is 0.803. The SMILES string of the molecule is C#CC(C)NC1c2ccccc2Cc2ccccc21. The lowest BCUT2D eigenvalue weighted by Crippen LogP contribution is -2.33. The van der Waals surface area contributed by atoms with Gasteiger partial charge in [0, 0.05) is 0 Å². The molecule has 2 aromatic carbocycles. The zero-order valence-corrected chi connectivity index (χ0v) is 11.1. The highest BCUT2D eigenvalue weighted by molar-refractivity contribution is 5.48. The Morgan fingerprint density at radius 2 is 1.58 bits per heavy atom. The summed E-state index contributed by atoms with van der Waals surface area (Å²) in [5.74, 6) is 2.76. The Hall–Kier alpha value is -2.04. The summed E-state index contributed by atoms with van der Waals surface area (Å²) in [6, 6.07) is 17.5. The standard InChI is InChI=1S/C18H17N/c1-3-13(2)19-18-16-10-6-4-8-14(16)12-15-9-5-7-11-17(15)18/h1,4-11,13,18-19H,12H2,2H3. The summed E-state index contributed by atoms with van der Waals surface area (Å²) in [5, 5.41) is 3.54. The fourth-order valence-corrected chi connectivity index (χ4v) is 2.80. The van der Waals surface area contributed by atoms with Crippen LogP contribution >= 0.6 is 0 Å². The van der Waals surface area contributed by atoms with Gasteiger partial charge in [-0.25, -0.2) is 0 Å². The fourth-order valence-electron chi connectivity index (χ4n) is 2.80. The van der Waals surface area contributed by atoms with Gasteiger partial charge in [0.25, 0.3) is 0 Å². The second-order valence-corrected chi connectivity index (χ2v) is 5.06. The summed E-state index contributed by atoms with van der Waals surface area (Å²) >= 11 is 0. The average molecular weight is 247 g/mol. The summed E-state index contributed by atoms with van der Waals surface area (Å²) < 4.78 is 0. The van der Waals surface area contributed by atoms with Crippen molar-refractivity contribution in [1.82, 2.24) is 5.32 Å². The summed E-state index contributed by atoms with van der Waals surface area (Å²) in [6.45, 7) is 2.03. The van der Waals surface area contributed by atoms with Gasteiger partial charge in [0.05, 0.1) is 12.1 Å². The molecule has 0 bridgehead atoms. The number of rotatable bonds is 2. The van der Waals surface area contributed by atoms with Gasteiger partial charge in [0.15, 0.2) is 0 Å². The summed E-state index contributed by atoms with van der Waals surface area (Å²) in [4.78, 5) is 0. The molecule has 1 N–H and O–H groups in total. The third kappa shape index (κ3) is 2.16. The fraction of sp³-hybridized carbons (Fsp3) is 0.222. The van der Waals surface area contributed by atoms with E-state index >= 15 is 0 Å². The van der Waals surface area contributed by atoms with Crippen LogP contribution in [0, 0.1) is 12.3 Å². The average Bonchev–Trinajstić information content (AvgIpc) is 2.46. The van der Waals surface area contributed by atoms with Crippen LogP contribution in [0.2, 0.25) is 0 Å². The Kier molecular flexibility index (Phi) is 3.11. The second-order valence-electron chi connectivity index (χ2n) is 5.06. The zero-order chi connectivity index (χ0) is 13.2. The molecular weight excluding hydrogens is 230 g/mol. The van der Waals surface area contributed by atoms with Crippen LogP contribution < -0.4 is 5.32 Å². The minimum Gasteiger partial charge on any atom is -0.293 e. The first-order valence-corrected chi connectivity index (χ1v) is 6.67. The molecule has 94 valence electrons. The number of terminal acetylenes is 1. The molecule has 0 aromatic heterocycles. The maximum atomic E-state index is 5.52. The molecular formula is C18H17N. The lowest BCUT2D eigenvalue weighted by atomic mass is 9.82. The molecule has 0 aliphatic heterocycles. The highest BCUT2D eigenvalue weighted by Gasteiger charge is 2.25. The summed E-state index contributed by atoms with van der Waals surface area (Å²) in [5.41, 5.74) is 5.48. The van der Waals surface area contributed by atoms with Gasteiger partial charge >= 0.3 is 0 Å². The Labute approximate surface area is 114 Å². The van der Waals surface area contributed by atoms with Crippen LogP contribution in [0.25, 0.3) is 0 Å². The van der Waals surface area contributed by atoms with Crippen molar-refractivity contribution in [3.8, 4) is 12.3 Å². The van der Waals surface area contributed by atoms with Crippen molar-refractivity contribution in [2.45, 2.75) is 25.4 Å². The Balaban J connectivity index is 2.09. The second kappa shape index (κ2) is 4.91. The first-order valence-electron chi connectivity index (χ1n) is 6.67. The van der Waals surface area contributed by atoms with Crippen LogP contribution in [-0.2, 0) is 6.42 Å². The lowest BCUT2D eigenvalue weighted by molar-refractivity contribution is 0.559. The van der Waals surface area contributed by atoms with Gasteiger partial charge in [0.1, 0.15) is 0 Å². The summed E-state index contributed by atoms with van der Waals surface area (Å²) in [7, 11) is 0. The van der Waals surface area contributed by atoms with E-state index in [-0.39, 0.29) is 12.1 Å². The molecule has 0 heterocycles. The molecule has 1 aliphatic rings. The van der Waals surface area contributed by atoms with E-state index in [9.17, 15) is 0 Å². The first kappa shape index (κ1) is 12.0. The molecule has 0 saturated heterocycles. The molecule has 0 saturated carbocycles. The number of fused-ring (bicyclic) bond motifs is 2. The van der Waals surface area contributed by atoms with Gasteiger partial charge in [-0.15, -0.1) is 6.42 Å². The molecule has 3 rings (SSSR count). The first-order chi connectivity index (χ1) is 9.29. The maximum Gasteiger partial charge on any atom is 0.0665 e. The van der Waals surface area contributed by atoms with Gasteiger partial charge in [-0.3, -0.25) is 5.32 Å². The van der Waals surface area contributed by atoms with Gasteiger partial charge in [-0.2, -0.15) is 0 Å². The van der Waals surface area contributed by atoms with E-state index in [1.807, 2.05) is 6.92 Å². The number of benzene rings is 2. The molecule has 2 aromatic rings. The van der Waals surface area contributed by atoms with Crippen molar-refractivity contribution in [2.75, 3.05) is 0 Å². The monoisotopic (exact) mass is 247 g/mol. The van der Waals surface area contributed by atoms with Crippen LogP contribution in [0.15, 0.2) is 48.5 Å². The molecule has 0 radical (unpaired) electrons. The van der Waals surface area contributed by atoms with Crippen molar-refractivity contribution in [2.24, 2.45) is 0 Å². The largest absolute Gasteiger partial charge is 0.293 e. The Morgan fingerprint density at radius 1 is 1.05 bits per heavy atom. The molecule has 1 aliphatic carbocycles. The molecule has 0 fully saturated rings. The number of nitrogens with one attached hydrogen (secondary N) is 1. The minimum atomic E-state index is 0.0595. The van der Waals surface area contributed by atoms with E-state index in [0.29, 0.717) is 0 Å². The zero-order valence-electron chi connectivity index (χ0n) is 11.1. The van der Waals surface area contributed by atoms with Crippen molar-refractivity contribution in [3.05, 3.63) is 70.8 Å². The molecule has 1 unspecified atom stereocenters. The highest BCUT2D eigenvalue weighted by atomic mass is 14.9. The third-order valence-electron chi connectivity index (χ3n) is 3.78. The third-order valence-corrected chi connectivity index (χ3v) is 3.78. The molecule has 19 heavy (non-hydrogen) atoms. The predicted molar refractivity (Wildman–Crippen MR) is 79.0 cm³/mol. The van der Waals surface area contributed by atoms with E-state index in [4.69, 9.17) is 6.42 Å². The molecule has 1 heteroatoms. The minimum absolute atomic E-state index is 0.0595. The van der Waals surface area contributed by atoms with E-state index in [1.54, 1.807) is 0 Å². The highest BCUT2D eigenvalue weighted by Crippen LogP contribution is 2.34. The van der Waals surface area contributed by atoms with Crippen LogP contribution in [-0.4, -0.2) is 6.04 Å². The maximum absolute atomic E-state index is 5.52. The van der Waals surface area contributed by atoms with Crippen molar-refractivity contribution < 1.29 is 0 Å². The Morgan fingerprint density at radius 3 is 2.11 bits per heavy atom.